The third-order valence-electron chi connectivity index (χ3n) is 5.15. The minimum atomic E-state index is 0.810. The van der Waals surface area contributed by atoms with Crippen molar-refractivity contribution in [2.45, 2.75) is 0 Å². The summed E-state index contributed by atoms with van der Waals surface area (Å²) in [5.74, 6) is 1.70. The van der Waals surface area contributed by atoms with E-state index in [1.165, 1.54) is 21.5 Å². The normalized spacial score (nSPS) is 11.5. The van der Waals surface area contributed by atoms with Gasteiger partial charge in [0.25, 0.3) is 0 Å². The van der Waals surface area contributed by atoms with Crippen LogP contribution in [-0.4, -0.2) is 16.7 Å². The first-order valence-corrected chi connectivity index (χ1v) is 9.58. The van der Waals surface area contributed by atoms with Crippen LogP contribution >= 0.6 is 15.9 Å². The average molecular weight is 417 g/mol. The van der Waals surface area contributed by atoms with Crippen LogP contribution < -0.4 is 4.74 Å². The molecule has 132 valence electrons. The van der Waals surface area contributed by atoms with Gasteiger partial charge >= 0.3 is 0 Å². The van der Waals surface area contributed by atoms with Crippen molar-refractivity contribution in [1.29, 1.82) is 0 Å². The second kappa shape index (κ2) is 6.10. The number of aryl methyl sites for hydroxylation is 1. The lowest BCUT2D eigenvalue weighted by Gasteiger charge is -2.10. The first-order valence-electron chi connectivity index (χ1n) is 8.79. The van der Waals surface area contributed by atoms with Crippen molar-refractivity contribution in [2.75, 3.05) is 7.11 Å². The number of hydrogen-bond donors (Lipinski definition) is 0. The number of benzene rings is 4. The molecule has 0 saturated carbocycles. The minimum Gasteiger partial charge on any atom is -0.496 e. The Bertz CT molecular complexity index is 1340. The molecule has 0 aliphatic carbocycles. The van der Waals surface area contributed by atoms with E-state index < -0.39 is 0 Å². The number of aromatic nitrogens is 2. The van der Waals surface area contributed by atoms with E-state index in [1.54, 1.807) is 7.11 Å². The minimum absolute atomic E-state index is 0.810. The van der Waals surface area contributed by atoms with E-state index in [0.717, 1.165) is 32.6 Å². The fourth-order valence-corrected chi connectivity index (χ4v) is 4.30. The van der Waals surface area contributed by atoms with Crippen molar-refractivity contribution < 1.29 is 4.74 Å². The predicted molar refractivity (Wildman–Crippen MR) is 115 cm³/mol. The highest BCUT2D eigenvalue weighted by Crippen LogP contribution is 2.39. The van der Waals surface area contributed by atoms with Crippen molar-refractivity contribution in [3.8, 4) is 17.1 Å². The van der Waals surface area contributed by atoms with Gasteiger partial charge in [-0.2, -0.15) is 0 Å². The molecule has 27 heavy (non-hydrogen) atoms. The average Bonchev–Trinajstić information content (AvgIpc) is 3.06. The Labute approximate surface area is 165 Å². The topological polar surface area (TPSA) is 27.1 Å². The molecule has 1 heterocycles. The van der Waals surface area contributed by atoms with Crippen molar-refractivity contribution in [3.63, 3.8) is 0 Å². The lowest BCUT2D eigenvalue weighted by molar-refractivity contribution is 0.416. The van der Waals surface area contributed by atoms with Gasteiger partial charge in [0.2, 0.25) is 0 Å². The zero-order chi connectivity index (χ0) is 18.5. The highest BCUT2D eigenvalue weighted by molar-refractivity contribution is 9.10. The summed E-state index contributed by atoms with van der Waals surface area (Å²) in [5.41, 5.74) is 3.13. The molecule has 5 aromatic rings. The molecule has 1 aromatic heterocycles. The van der Waals surface area contributed by atoms with Crippen LogP contribution in [0.25, 0.3) is 44.0 Å². The van der Waals surface area contributed by atoms with Crippen molar-refractivity contribution in [3.05, 3.63) is 71.2 Å². The maximum Gasteiger partial charge on any atom is 0.144 e. The SMILES string of the molecule is COc1ccc(Br)cc1-c1nc2c3ccccc3c3ccccc3c2n1C. The van der Waals surface area contributed by atoms with Gasteiger partial charge < -0.3 is 9.30 Å². The first kappa shape index (κ1) is 16.3. The number of fused-ring (bicyclic) bond motifs is 6. The summed E-state index contributed by atoms with van der Waals surface area (Å²) >= 11 is 3.58. The molecule has 4 aromatic carbocycles. The molecular formula is C23H17BrN2O. The van der Waals surface area contributed by atoms with E-state index in [1.807, 2.05) is 12.1 Å². The molecule has 0 radical (unpaired) electrons. The summed E-state index contributed by atoms with van der Waals surface area (Å²) in [6, 6.07) is 23.0. The maximum atomic E-state index is 5.61. The lowest BCUT2D eigenvalue weighted by atomic mass is 10.00. The number of nitrogens with zero attached hydrogens (tertiary/aromatic N) is 2. The largest absolute Gasteiger partial charge is 0.496 e. The highest BCUT2D eigenvalue weighted by Gasteiger charge is 2.19. The number of halogens is 1. The molecule has 0 atom stereocenters. The third-order valence-corrected chi connectivity index (χ3v) is 5.65. The van der Waals surface area contributed by atoms with E-state index in [9.17, 15) is 0 Å². The first-order chi connectivity index (χ1) is 13.2. The molecule has 0 N–H and O–H groups in total. The van der Waals surface area contributed by atoms with Gasteiger partial charge in [0.05, 0.1) is 23.7 Å². The lowest BCUT2D eigenvalue weighted by Crippen LogP contribution is -1.96. The quantitative estimate of drug-likeness (QED) is 0.315. The van der Waals surface area contributed by atoms with Crippen molar-refractivity contribution in [2.24, 2.45) is 7.05 Å². The monoisotopic (exact) mass is 416 g/mol. The number of hydrogen-bond acceptors (Lipinski definition) is 2. The molecule has 0 aliphatic heterocycles. The standard InChI is InChI=1S/C23H17BrN2O/c1-26-22-18-10-6-4-8-16(18)15-7-3-5-9-17(15)21(22)25-23(26)19-13-14(24)11-12-20(19)27-2/h3-13H,1-2H3. The third kappa shape index (κ3) is 2.37. The Hall–Kier alpha value is -2.85. The van der Waals surface area contributed by atoms with Crippen LogP contribution in [0.15, 0.2) is 71.2 Å². The van der Waals surface area contributed by atoms with Gasteiger partial charge in [-0.15, -0.1) is 0 Å². The summed E-state index contributed by atoms with van der Waals surface area (Å²) in [6.07, 6.45) is 0. The fraction of sp³-hybridized carbons (Fsp3) is 0.0870. The predicted octanol–water partition coefficient (Wildman–Crippen LogP) is 6.32. The van der Waals surface area contributed by atoms with Crippen LogP contribution in [0.4, 0.5) is 0 Å². The van der Waals surface area contributed by atoms with Gasteiger partial charge in [0.15, 0.2) is 0 Å². The van der Waals surface area contributed by atoms with Gasteiger partial charge in [-0.3, -0.25) is 0 Å². The van der Waals surface area contributed by atoms with Crippen LogP contribution in [0.2, 0.25) is 0 Å². The molecule has 0 unspecified atom stereocenters. The Morgan fingerprint density at radius 2 is 1.48 bits per heavy atom. The van der Waals surface area contributed by atoms with E-state index in [4.69, 9.17) is 9.72 Å². The molecule has 0 spiro atoms. The van der Waals surface area contributed by atoms with Gasteiger partial charge in [0.1, 0.15) is 11.6 Å². The van der Waals surface area contributed by atoms with Gasteiger partial charge in [-0.25, -0.2) is 4.98 Å². The van der Waals surface area contributed by atoms with Crippen LogP contribution in [0.3, 0.4) is 0 Å². The van der Waals surface area contributed by atoms with Crippen LogP contribution in [0.1, 0.15) is 0 Å². The molecule has 0 aliphatic rings. The summed E-state index contributed by atoms with van der Waals surface area (Å²) in [4.78, 5) is 5.07. The van der Waals surface area contributed by atoms with Crippen molar-refractivity contribution in [1.82, 2.24) is 9.55 Å². The molecule has 0 amide bonds. The molecular weight excluding hydrogens is 400 g/mol. The Morgan fingerprint density at radius 1 is 0.852 bits per heavy atom. The number of imidazole rings is 1. The fourth-order valence-electron chi connectivity index (χ4n) is 3.94. The van der Waals surface area contributed by atoms with E-state index >= 15 is 0 Å². The van der Waals surface area contributed by atoms with Gasteiger partial charge in [-0.1, -0.05) is 64.5 Å². The Balaban J connectivity index is 1.99. The summed E-state index contributed by atoms with van der Waals surface area (Å²) in [6.45, 7) is 0. The summed E-state index contributed by atoms with van der Waals surface area (Å²) < 4.78 is 8.78. The van der Waals surface area contributed by atoms with Gasteiger partial charge in [-0.05, 0) is 29.0 Å². The second-order valence-electron chi connectivity index (χ2n) is 6.63. The number of methoxy groups -OCH3 is 1. The molecule has 4 heteroatoms. The Kier molecular flexibility index (Phi) is 3.69. The second-order valence-corrected chi connectivity index (χ2v) is 7.54. The van der Waals surface area contributed by atoms with E-state index in [2.05, 4.69) is 82.1 Å². The highest BCUT2D eigenvalue weighted by atomic mass is 79.9. The number of ether oxygens (including phenoxy) is 1. The zero-order valence-electron chi connectivity index (χ0n) is 15.0. The molecule has 5 rings (SSSR count). The van der Waals surface area contributed by atoms with Gasteiger partial charge in [0, 0.05) is 22.3 Å². The molecule has 0 fully saturated rings. The van der Waals surface area contributed by atoms with Crippen LogP contribution in [0, 0.1) is 0 Å². The van der Waals surface area contributed by atoms with E-state index in [-0.39, 0.29) is 0 Å². The van der Waals surface area contributed by atoms with E-state index in [0.29, 0.717) is 0 Å². The molecule has 0 bridgehead atoms. The van der Waals surface area contributed by atoms with Crippen LogP contribution in [-0.2, 0) is 7.05 Å². The zero-order valence-corrected chi connectivity index (χ0v) is 16.6. The number of rotatable bonds is 2. The molecule has 3 nitrogen and oxygen atoms in total. The van der Waals surface area contributed by atoms with Crippen molar-refractivity contribution >= 4 is 48.5 Å². The Morgan fingerprint density at radius 3 is 2.19 bits per heavy atom. The molecule has 0 saturated heterocycles. The summed E-state index contributed by atoms with van der Waals surface area (Å²) in [5, 5.41) is 4.85. The maximum absolute atomic E-state index is 5.61. The summed E-state index contributed by atoms with van der Waals surface area (Å²) in [7, 11) is 3.77. The smallest absolute Gasteiger partial charge is 0.144 e. The van der Waals surface area contributed by atoms with Crippen LogP contribution in [0.5, 0.6) is 5.75 Å².